The van der Waals surface area contributed by atoms with Gasteiger partial charge in [0.25, 0.3) is 5.91 Å². The van der Waals surface area contributed by atoms with Crippen molar-refractivity contribution in [1.82, 2.24) is 15.5 Å². The molecule has 208 valence electrons. The van der Waals surface area contributed by atoms with Crippen molar-refractivity contribution in [1.29, 1.82) is 0 Å². The van der Waals surface area contributed by atoms with Crippen LogP contribution in [0.3, 0.4) is 0 Å². The van der Waals surface area contributed by atoms with Gasteiger partial charge in [0.2, 0.25) is 0 Å². The summed E-state index contributed by atoms with van der Waals surface area (Å²) < 4.78 is 0. The first-order valence-electron chi connectivity index (χ1n) is 14.1. The van der Waals surface area contributed by atoms with E-state index in [1.807, 2.05) is 13.8 Å². The van der Waals surface area contributed by atoms with E-state index in [1.165, 1.54) is 6.07 Å². The van der Waals surface area contributed by atoms with Crippen molar-refractivity contribution in [2.45, 2.75) is 96.6 Å². The normalized spacial score (nSPS) is 19.0. The Morgan fingerprint density at radius 2 is 1.65 bits per heavy atom. The third-order valence-corrected chi connectivity index (χ3v) is 8.17. The van der Waals surface area contributed by atoms with Gasteiger partial charge in [0, 0.05) is 25.2 Å². The predicted octanol–water partition coefficient (Wildman–Crippen LogP) is 4.45. The molecule has 3 rings (SSSR count). The van der Waals surface area contributed by atoms with Crippen molar-refractivity contribution in [3.63, 3.8) is 0 Å². The summed E-state index contributed by atoms with van der Waals surface area (Å²) in [6.45, 7) is 10.7. The van der Waals surface area contributed by atoms with Crippen molar-refractivity contribution in [2.24, 2.45) is 11.8 Å². The number of carbonyl (C=O) groups excluding carboxylic acids is 1. The molecule has 37 heavy (non-hydrogen) atoms. The standard InChI is InChI=1S/C29H47N3O5/c1-19(2)18-29(28(36)37,21-8-5-6-9-21)31-13-7-12-30-22-10-14-32(15-11-22)27(35)24-16-23(20(3)4)25(33)17-26(24)34/h16-17,19-22,30-31,33-34H,5-15,18H2,1-4H3,(H,36,37)/t29-/m1/s1. The van der Waals surface area contributed by atoms with Gasteiger partial charge in [0.15, 0.2) is 0 Å². The summed E-state index contributed by atoms with van der Waals surface area (Å²) in [4.78, 5) is 27.2. The second-order valence-corrected chi connectivity index (χ2v) is 11.7. The zero-order chi connectivity index (χ0) is 27.2. The largest absolute Gasteiger partial charge is 0.508 e. The summed E-state index contributed by atoms with van der Waals surface area (Å²) in [5.74, 6) is -0.535. The Morgan fingerprint density at radius 1 is 1.00 bits per heavy atom. The van der Waals surface area contributed by atoms with Gasteiger partial charge in [0.1, 0.15) is 17.0 Å². The SMILES string of the molecule is CC(C)C[C@](NCCCNC1CCN(C(=O)c2cc(C(C)C)c(O)cc2O)CC1)(C(=O)O)C1CCCC1. The van der Waals surface area contributed by atoms with E-state index in [9.17, 15) is 24.9 Å². The number of amides is 1. The van der Waals surface area contributed by atoms with Crippen LogP contribution in [0.4, 0.5) is 0 Å². The summed E-state index contributed by atoms with van der Waals surface area (Å²) in [7, 11) is 0. The molecule has 1 aliphatic heterocycles. The molecule has 8 heteroatoms. The molecule has 1 aromatic carbocycles. The lowest BCUT2D eigenvalue weighted by atomic mass is 9.76. The molecule has 0 bridgehead atoms. The minimum absolute atomic E-state index is 0.00879. The summed E-state index contributed by atoms with van der Waals surface area (Å²) in [5, 5.41) is 37.6. The Bertz CT molecular complexity index is 920. The number of piperidine rings is 1. The number of benzene rings is 1. The van der Waals surface area contributed by atoms with E-state index in [1.54, 1.807) is 11.0 Å². The first kappa shape index (κ1) is 29.2. The van der Waals surface area contributed by atoms with E-state index in [4.69, 9.17) is 0 Å². The molecule has 1 aromatic rings. The van der Waals surface area contributed by atoms with Crippen LogP contribution in [0.2, 0.25) is 0 Å². The van der Waals surface area contributed by atoms with Gasteiger partial charge in [-0.2, -0.15) is 0 Å². The van der Waals surface area contributed by atoms with Crippen molar-refractivity contribution >= 4 is 11.9 Å². The van der Waals surface area contributed by atoms with Crippen LogP contribution in [0.5, 0.6) is 11.5 Å². The quantitative estimate of drug-likeness (QED) is 0.260. The van der Waals surface area contributed by atoms with E-state index in [0.29, 0.717) is 43.6 Å². The van der Waals surface area contributed by atoms with E-state index < -0.39 is 11.5 Å². The summed E-state index contributed by atoms with van der Waals surface area (Å²) >= 11 is 0. The van der Waals surface area contributed by atoms with Crippen LogP contribution in [-0.4, -0.2) is 69.9 Å². The molecule has 0 radical (unpaired) electrons. The van der Waals surface area contributed by atoms with Crippen molar-refractivity contribution in [3.05, 3.63) is 23.3 Å². The topological polar surface area (TPSA) is 122 Å². The number of nitrogens with zero attached hydrogens (tertiary/aromatic N) is 1. The number of hydrogen-bond donors (Lipinski definition) is 5. The number of rotatable bonds is 12. The van der Waals surface area contributed by atoms with E-state index >= 15 is 0 Å². The fraction of sp³-hybridized carbons (Fsp3) is 0.724. The van der Waals surface area contributed by atoms with Crippen LogP contribution in [0.25, 0.3) is 0 Å². The highest BCUT2D eigenvalue weighted by atomic mass is 16.4. The van der Waals surface area contributed by atoms with Crippen molar-refractivity contribution < 1.29 is 24.9 Å². The molecular weight excluding hydrogens is 470 g/mol. The minimum atomic E-state index is -0.828. The number of carboxylic acids is 1. The number of aromatic hydroxyl groups is 2. The van der Waals surface area contributed by atoms with E-state index in [0.717, 1.165) is 51.5 Å². The number of carbonyl (C=O) groups is 2. The summed E-state index contributed by atoms with van der Waals surface area (Å²) in [6, 6.07) is 3.17. The highest BCUT2D eigenvalue weighted by Gasteiger charge is 2.46. The Hall–Kier alpha value is -2.32. The predicted molar refractivity (Wildman–Crippen MR) is 145 cm³/mol. The van der Waals surface area contributed by atoms with E-state index in [-0.39, 0.29) is 34.8 Å². The van der Waals surface area contributed by atoms with Gasteiger partial charge in [-0.15, -0.1) is 0 Å². The molecule has 2 aliphatic rings. The second-order valence-electron chi connectivity index (χ2n) is 11.7. The average molecular weight is 518 g/mol. The Morgan fingerprint density at radius 3 is 2.22 bits per heavy atom. The zero-order valence-electron chi connectivity index (χ0n) is 23.1. The highest BCUT2D eigenvalue weighted by molar-refractivity contribution is 5.97. The third kappa shape index (κ3) is 7.17. The summed E-state index contributed by atoms with van der Waals surface area (Å²) in [5.41, 5.74) is 0.0649. The van der Waals surface area contributed by atoms with Gasteiger partial charge in [-0.05, 0) is 81.0 Å². The third-order valence-electron chi connectivity index (χ3n) is 8.17. The van der Waals surface area contributed by atoms with Gasteiger partial charge >= 0.3 is 5.97 Å². The highest BCUT2D eigenvalue weighted by Crippen LogP contribution is 2.38. The number of carboxylic acid groups (broad SMARTS) is 1. The lowest BCUT2D eigenvalue weighted by Crippen LogP contribution is -2.58. The first-order valence-corrected chi connectivity index (χ1v) is 14.1. The van der Waals surface area contributed by atoms with Gasteiger partial charge in [-0.1, -0.05) is 40.5 Å². The van der Waals surface area contributed by atoms with Crippen LogP contribution in [0.15, 0.2) is 12.1 Å². The maximum absolute atomic E-state index is 13.1. The number of phenols is 2. The minimum Gasteiger partial charge on any atom is -0.508 e. The Labute approximate surface area is 221 Å². The molecule has 0 aromatic heterocycles. The Balaban J connectivity index is 1.46. The number of nitrogens with one attached hydrogen (secondary N) is 2. The zero-order valence-corrected chi connectivity index (χ0v) is 23.1. The average Bonchev–Trinajstić information content (AvgIpc) is 3.38. The molecule has 0 spiro atoms. The van der Waals surface area contributed by atoms with Crippen LogP contribution in [0.1, 0.15) is 101 Å². The molecule has 8 nitrogen and oxygen atoms in total. The van der Waals surface area contributed by atoms with Crippen LogP contribution in [0, 0.1) is 11.8 Å². The van der Waals surface area contributed by atoms with Gasteiger partial charge in [-0.25, -0.2) is 0 Å². The smallest absolute Gasteiger partial charge is 0.324 e. The van der Waals surface area contributed by atoms with Crippen molar-refractivity contribution in [3.8, 4) is 11.5 Å². The van der Waals surface area contributed by atoms with Crippen LogP contribution >= 0.6 is 0 Å². The number of likely N-dealkylation sites (tertiary alicyclic amines) is 1. The molecule has 1 atom stereocenters. The molecule has 1 heterocycles. The maximum Gasteiger partial charge on any atom is 0.324 e. The first-order chi connectivity index (χ1) is 17.5. The molecule has 5 N–H and O–H groups in total. The Kier molecular flexibility index (Phi) is 10.2. The fourth-order valence-electron chi connectivity index (χ4n) is 6.17. The summed E-state index contributed by atoms with van der Waals surface area (Å²) in [6.07, 6.45) is 7.36. The van der Waals surface area contributed by atoms with Crippen LogP contribution in [-0.2, 0) is 4.79 Å². The number of phenolic OH excluding ortho intramolecular Hbond substituents is 2. The molecule has 1 saturated heterocycles. The molecule has 2 fully saturated rings. The van der Waals surface area contributed by atoms with E-state index in [2.05, 4.69) is 24.5 Å². The molecular formula is C29H47N3O5. The molecule has 1 amide bonds. The molecule has 1 aliphatic carbocycles. The van der Waals surface area contributed by atoms with Gasteiger partial charge < -0.3 is 30.9 Å². The number of hydrogen-bond acceptors (Lipinski definition) is 6. The van der Waals surface area contributed by atoms with Crippen molar-refractivity contribution in [2.75, 3.05) is 26.2 Å². The second kappa shape index (κ2) is 13.0. The maximum atomic E-state index is 13.1. The fourth-order valence-corrected chi connectivity index (χ4v) is 6.17. The van der Waals surface area contributed by atoms with Gasteiger partial charge in [-0.3, -0.25) is 9.59 Å². The monoisotopic (exact) mass is 517 g/mol. The molecule has 1 saturated carbocycles. The lowest BCUT2D eigenvalue weighted by molar-refractivity contribution is -0.148. The lowest BCUT2D eigenvalue weighted by Gasteiger charge is -2.38. The van der Waals surface area contributed by atoms with Gasteiger partial charge in [0.05, 0.1) is 5.56 Å². The number of aliphatic carboxylic acids is 1. The molecule has 0 unspecified atom stereocenters. The van der Waals surface area contributed by atoms with Crippen LogP contribution < -0.4 is 10.6 Å².